The first-order valence-electron chi connectivity index (χ1n) is 3.53. The van der Waals surface area contributed by atoms with E-state index in [1.165, 1.54) is 5.48 Å². The van der Waals surface area contributed by atoms with Gasteiger partial charge in [-0.3, -0.25) is 10.0 Å². The van der Waals surface area contributed by atoms with Crippen LogP contribution in [0.5, 0.6) is 0 Å². The Morgan fingerprint density at radius 2 is 2.13 bits per heavy atom. The van der Waals surface area contributed by atoms with Gasteiger partial charge >= 0.3 is 6.18 Å². The summed E-state index contributed by atoms with van der Waals surface area (Å²) in [6, 6.07) is 0.555. The van der Waals surface area contributed by atoms with Crippen LogP contribution >= 0.6 is 11.6 Å². The first-order valence-corrected chi connectivity index (χ1v) is 3.91. The van der Waals surface area contributed by atoms with E-state index in [1.807, 2.05) is 0 Å². The zero-order valence-electron chi connectivity index (χ0n) is 6.97. The molecular formula is C7H4ClF3N2O2. The molecule has 2 N–H and O–H groups in total. The maximum atomic E-state index is 12.1. The van der Waals surface area contributed by atoms with Crippen molar-refractivity contribution in [2.24, 2.45) is 0 Å². The molecule has 0 aromatic carbocycles. The van der Waals surface area contributed by atoms with E-state index in [0.29, 0.717) is 12.3 Å². The van der Waals surface area contributed by atoms with Gasteiger partial charge in [-0.15, -0.1) is 0 Å². The molecule has 0 aliphatic heterocycles. The highest BCUT2D eigenvalue weighted by Gasteiger charge is 2.32. The molecule has 0 bridgehead atoms. The monoisotopic (exact) mass is 240 g/mol. The van der Waals surface area contributed by atoms with Crippen molar-refractivity contribution in [3.05, 3.63) is 28.5 Å². The summed E-state index contributed by atoms with van der Waals surface area (Å²) < 4.78 is 36.4. The Balaban J connectivity index is 3.15. The topological polar surface area (TPSA) is 62.2 Å². The minimum atomic E-state index is -4.58. The van der Waals surface area contributed by atoms with E-state index in [9.17, 15) is 18.0 Å². The maximum absolute atomic E-state index is 12.1. The van der Waals surface area contributed by atoms with Gasteiger partial charge in [-0.1, -0.05) is 11.6 Å². The van der Waals surface area contributed by atoms with Gasteiger partial charge in [0.25, 0.3) is 5.91 Å². The van der Waals surface area contributed by atoms with Crippen LogP contribution in [0.25, 0.3) is 0 Å². The quantitative estimate of drug-likeness (QED) is 0.582. The molecule has 8 heteroatoms. The van der Waals surface area contributed by atoms with Gasteiger partial charge in [-0.25, -0.2) is 10.5 Å². The minimum absolute atomic E-state index is 0.455. The van der Waals surface area contributed by atoms with Crippen LogP contribution in [-0.2, 0) is 6.18 Å². The van der Waals surface area contributed by atoms with E-state index in [1.54, 1.807) is 0 Å². The van der Waals surface area contributed by atoms with E-state index in [-0.39, 0.29) is 0 Å². The summed E-state index contributed by atoms with van der Waals surface area (Å²) in [6.07, 6.45) is -4.12. The van der Waals surface area contributed by atoms with Crippen molar-refractivity contribution in [1.82, 2.24) is 10.5 Å². The number of carbonyl (C=O) groups is 1. The molecule has 0 saturated carbocycles. The normalized spacial score (nSPS) is 11.3. The number of hydroxylamine groups is 1. The fourth-order valence-corrected chi connectivity index (χ4v) is 1.07. The smallest absolute Gasteiger partial charge is 0.288 e. The lowest BCUT2D eigenvalue weighted by Gasteiger charge is -2.07. The Labute approximate surface area is 86.6 Å². The van der Waals surface area contributed by atoms with Gasteiger partial charge in [0.1, 0.15) is 5.69 Å². The molecule has 1 heterocycles. The van der Waals surface area contributed by atoms with Crippen molar-refractivity contribution in [2.45, 2.75) is 6.18 Å². The van der Waals surface area contributed by atoms with Gasteiger partial charge in [-0.05, 0) is 6.07 Å². The first-order chi connectivity index (χ1) is 6.86. The largest absolute Gasteiger partial charge is 0.417 e. The second-order valence-corrected chi connectivity index (χ2v) is 2.90. The van der Waals surface area contributed by atoms with Gasteiger partial charge in [-0.2, -0.15) is 13.2 Å². The zero-order valence-corrected chi connectivity index (χ0v) is 7.73. The Hall–Kier alpha value is -1.34. The summed E-state index contributed by atoms with van der Waals surface area (Å²) in [5, 5.41) is 7.73. The second kappa shape index (κ2) is 4.03. The number of alkyl halides is 3. The number of halogens is 4. The highest BCUT2D eigenvalue weighted by Crippen LogP contribution is 2.30. The number of aromatic nitrogens is 1. The van der Waals surface area contributed by atoms with E-state index in [2.05, 4.69) is 4.98 Å². The predicted molar refractivity (Wildman–Crippen MR) is 43.5 cm³/mol. The van der Waals surface area contributed by atoms with Crippen molar-refractivity contribution in [3.63, 3.8) is 0 Å². The molecule has 0 fully saturated rings. The number of rotatable bonds is 1. The van der Waals surface area contributed by atoms with Crippen molar-refractivity contribution in [3.8, 4) is 0 Å². The van der Waals surface area contributed by atoms with Crippen LogP contribution in [-0.4, -0.2) is 16.1 Å². The fourth-order valence-electron chi connectivity index (χ4n) is 0.813. The molecule has 82 valence electrons. The third-order valence-electron chi connectivity index (χ3n) is 1.49. The molecule has 0 spiro atoms. The highest BCUT2D eigenvalue weighted by molar-refractivity contribution is 6.33. The number of carbonyl (C=O) groups excluding carboxylic acids is 1. The van der Waals surface area contributed by atoms with E-state index < -0.39 is 28.4 Å². The van der Waals surface area contributed by atoms with Gasteiger partial charge in [0.05, 0.1) is 10.6 Å². The Morgan fingerprint density at radius 3 is 2.53 bits per heavy atom. The van der Waals surface area contributed by atoms with Gasteiger partial charge < -0.3 is 0 Å². The molecular weight excluding hydrogens is 237 g/mol. The summed E-state index contributed by atoms with van der Waals surface area (Å²) >= 11 is 5.37. The average Bonchev–Trinajstić information content (AvgIpc) is 2.15. The average molecular weight is 241 g/mol. The summed E-state index contributed by atoms with van der Waals surface area (Å²) in [6.45, 7) is 0. The van der Waals surface area contributed by atoms with Crippen molar-refractivity contribution in [2.75, 3.05) is 0 Å². The van der Waals surface area contributed by atoms with Crippen LogP contribution in [0.4, 0.5) is 13.2 Å². The number of hydrogen-bond acceptors (Lipinski definition) is 3. The molecule has 0 radical (unpaired) electrons. The number of pyridine rings is 1. The number of amides is 1. The van der Waals surface area contributed by atoms with E-state index in [0.717, 1.165) is 0 Å². The third-order valence-corrected chi connectivity index (χ3v) is 1.77. The lowest BCUT2D eigenvalue weighted by atomic mass is 10.2. The summed E-state index contributed by atoms with van der Waals surface area (Å²) in [5.74, 6) is -1.08. The SMILES string of the molecule is O=C(NO)c1ncc(C(F)(F)F)cc1Cl. The molecule has 0 atom stereocenters. The lowest BCUT2D eigenvalue weighted by molar-refractivity contribution is -0.137. The first kappa shape index (κ1) is 11.7. The Bertz CT molecular complexity index is 394. The van der Waals surface area contributed by atoms with Gasteiger partial charge in [0.2, 0.25) is 0 Å². The number of nitrogens with one attached hydrogen (secondary N) is 1. The zero-order chi connectivity index (χ0) is 11.6. The van der Waals surface area contributed by atoms with E-state index in [4.69, 9.17) is 16.8 Å². The van der Waals surface area contributed by atoms with Crippen molar-refractivity contribution in [1.29, 1.82) is 0 Å². The molecule has 0 saturated heterocycles. The summed E-state index contributed by atoms with van der Waals surface area (Å²) in [7, 11) is 0. The lowest BCUT2D eigenvalue weighted by Crippen LogP contribution is -2.21. The van der Waals surface area contributed by atoms with Crippen LogP contribution in [0.15, 0.2) is 12.3 Å². The van der Waals surface area contributed by atoms with Crippen LogP contribution in [0.2, 0.25) is 5.02 Å². The molecule has 1 rings (SSSR count). The standard InChI is InChI=1S/C7H4ClF3N2O2/c8-4-1-3(7(9,10)11)2-12-5(4)6(14)13-15/h1-2,15H,(H,13,14). The van der Waals surface area contributed by atoms with Crippen LogP contribution in [0.3, 0.4) is 0 Å². The van der Waals surface area contributed by atoms with Crippen LogP contribution < -0.4 is 5.48 Å². The third kappa shape index (κ3) is 2.57. The minimum Gasteiger partial charge on any atom is -0.288 e. The predicted octanol–water partition coefficient (Wildman–Crippen LogP) is 1.87. The molecule has 4 nitrogen and oxygen atoms in total. The Morgan fingerprint density at radius 1 is 1.53 bits per heavy atom. The highest BCUT2D eigenvalue weighted by atomic mass is 35.5. The molecule has 0 unspecified atom stereocenters. The van der Waals surface area contributed by atoms with Gasteiger partial charge in [0, 0.05) is 6.20 Å². The molecule has 1 amide bonds. The van der Waals surface area contributed by atoms with Crippen molar-refractivity contribution < 1.29 is 23.2 Å². The fraction of sp³-hybridized carbons (Fsp3) is 0.143. The molecule has 1 aromatic heterocycles. The number of nitrogens with zero attached hydrogens (tertiary/aromatic N) is 1. The molecule has 0 aliphatic rings. The molecule has 0 aliphatic carbocycles. The Kier molecular flexibility index (Phi) is 3.15. The van der Waals surface area contributed by atoms with Gasteiger partial charge in [0.15, 0.2) is 0 Å². The van der Waals surface area contributed by atoms with Crippen molar-refractivity contribution >= 4 is 17.5 Å². The maximum Gasteiger partial charge on any atom is 0.417 e. The van der Waals surface area contributed by atoms with E-state index >= 15 is 0 Å². The molecule has 15 heavy (non-hydrogen) atoms. The van der Waals surface area contributed by atoms with Crippen LogP contribution in [0, 0.1) is 0 Å². The van der Waals surface area contributed by atoms with Crippen LogP contribution in [0.1, 0.15) is 16.1 Å². The molecule has 1 aromatic rings. The second-order valence-electron chi connectivity index (χ2n) is 2.49. The number of hydrogen-bond donors (Lipinski definition) is 2. The summed E-state index contributed by atoms with van der Waals surface area (Å²) in [5.41, 5.74) is -0.334. The summed E-state index contributed by atoms with van der Waals surface area (Å²) in [4.78, 5) is 14.0.